The molecule has 2 amide bonds. The zero-order valence-electron chi connectivity index (χ0n) is 22.5. The summed E-state index contributed by atoms with van der Waals surface area (Å²) in [5, 5.41) is 16.8. The Morgan fingerprint density at radius 3 is 2.61 bits per heavy atom. The van der Waals surface area contributed by atoms with Gasteiger partial charge in [0.1, 0.15) is 0 Å². The van der Waals surface area contributed by atoms with E-state index in [2.05, 4.69) is 19.2 Å². The number of aryl methyl sites for hydroxylation is 1. The Bertz CT molecular complexity index is 1200. The van der Waals surface area contributed by atoms with E-state index in [4.69, 9.17) is 20.8 Å². The van der Waals surface area contributed by atoms with Gasteiger partial charge in [0.2, 0.25) is 5.91 Å². The fourth-order valence-electron chi connectivity index (χ4n) is 5.64. The number of hydrogen-bond acceptors (Lipinski definition) is 7. The van der Waals surface area contributed by atoms with Gasteiger partial charge in [-0.2, -0.15) is 5.10 Å². The van der Waals surface area contributed by atoms with Crippen LogP contribution in [-0.2, 0) is 16.0 Å². The van der Waals surface area contributed by atoms with Gasteiger partial charge in [-0.1, -0.05) is 13.8 Å². The molecule has 2 aromatic rings. The number of nitrogens with two attached hydrogens (primary N) is 1. The average Bonchev–Trinajstić information content (AvgIpc) is 3.19. The third-order valence-electron chi connectivity index (χ3n) is 7.54. The first-order chi connectivity index (χ1) is 18.1. The number of fused-ring (bicyclic) bond motifs is 1. The fraction of sp³-hybridized carbons (Fsp3) is 0.571. The lowest BCUT2D eigenvalue weighted by Gasteiger charge is -2.30. The van der Waals surface area contributed by atoms with Crippen LogP contribution in [0.4, 0.5) is 5.69 Å². The molecule has 0 saturated heterocycles. The lowest BCUT2D eigenvalue weighted by atomic mass is 9.75. The van der Waals surface area contributed by atoms with Crippen LogP contribution in [-0.4, -0.2) is 51.3 Å². The van der Waals surface area contributed by atoms with Crippen molar-refractivity contribution in [3.63, 3.8) is 0 Å². The number of benzene rings is 1. The van der Waals surface area contributed by atoms with E-state index >= 15 is 0 Å². The van der Waals surface area contributed by atoms with Gasteiger partial charge in [0, 0.05) is 31.2 Å². The zero-order chi connectivity index (χ0) is 27.4. The molecule has 1 heterocycles. The third kappa shape index (κ3) is 6.42. The van der Waals surface area contributed by atoms with Crippen molar-refractivity contribution in [2.75, 3.05) is 11.9 Å². The van der Waals surface area contributed by atoms with E-state index in [0.29, 0.717) is 36.3 Å². The SMILES string of the molecule is Cc1nn(-c2ccc(C(N)=O)c(NC3CCC(OCCCCC(=O)NO)CC3)c2)c2c1C(=O)CC(C)(C)C2. The van der Waals surface area contributed by atoms with Gasteiger partial charge in [-0.25, -0.2) is 10.2 Å². The van der Waals surface area contributed by atoms with Gasteiger partial charge in [0.15, 0.2) is 5.78 Å². The molecule has 0 aliphatic heterocycles. The Morgan fingerprint density at radius 1 is 1.18 bits per heavy atom. The van der Waals surface area contributed by atoms with E-state index in [1.54, 1.807) is 11.5 Å². The quantitative estimate of drug-likeness (QED) is 0.209. The number of carbonyl (C=O) groups excluding carboxylic acids is 3. The van der Waals surface area contributed by atoms with Crippen molar-refractivity contribution in [2.45, 2.75) is 90.7 Å². The minimum atomic E-state index is -0.499. The summed E-state index contributed by atoms with van der Waals surface area (Å²) < 4.78 is 7.82. The van der Waals surface area contributed by atoms with E-state index in [-0.39, 0.29) is 35.7 Å². The third-order valence-corrected chi connectivity index (χ3v) is 7.54. The molecule has 1 aromatic heterocycles. The van der Waals surface area contributed by atoms with Gasteiger partial charge >= 0.3 is 0 Å². The van der Waals surface area contributed by atoms with Crippen molar-refractivity contribution >= 4 is 23.3 Å². The highest BCUT2D eigenvalue weighted by Gasteiger charge is 2.36. The van der Waals surface area contributed by atoms with Crippen LogP contribution in [0, 0.1) is 12.3 Å². The number of amides is 2. The van der Waals surface area contributed by atoms with Gasteiger partial charge < -0.3 is 15.8 Å². The number of aromatic nitrogens is 2. The molecule has 206 valence electrons. The predicted molar refractivity (Wildman–Crippen MR) is 143 cm³/mol. The largest absolute Gasteiger partial charge is 0.382 e. The van der Waals surface area contributed by atoms with Crippen LogP contribution < -0.4 is 16.5 Å². The number of hydrogen-bond donors (Lipinski definition) is 4. The first-order valence-corrected chi connectivity index (χ1v) is 13.4. The zero-order valence-corrected chi connectivity index (χ0v) is 22.5. The van der Waals surface area contributed by atoms with Gasteiger partial charge in [-0.05, 0) is 75.5 Å². The first kappa shape index (κ1) is 27.8. The van der Waals surface area contributed by atoms with E-state index in [9.17, 15) is 14.4 Å². The molecule has 1 aromatic carbocycles. The van der Waals surface area contributed by atoms with Crippen LogP contribution in [0.2, 0.25) is 0 Å². The molecule has 4 rings (SSSR count). The molecule has 0 radical (unpaired) electrons. The normalized spacial score (nSPS) is 20.6. The number of rotatable bonds is 10. The van der Waals surface area contributed by atoms with Gasteiger partial charge in [0.05, 0.1) is 34.3 Å². The van der Waals surface area contributed by atoms with E-state index in [1.165, 1.54) is 0 Å². The van der Waals surface area contributed by atoms with Crippen molar-refractivity contribution in [2.24, 2.45) is 11.1 Å². The molecule has 10 nitrogen and oxygen atoms in total. The summed E-state index contributed by atoms with van der Waals surface area (Å²) in [7, 11) is 0. The number of nitrogens with zero attached hydrogens (tertiary/aromatic N) is 2. The summed E-state index contributed by atoms with van der Waals surface area (Å²) in [6.45, 7) is 6.65. The van der Waals surface area contributed by atoms with Crippen LogP contribution >= 0.6 is 0 Å². The van der Waals surface area contributed by atoms with Crippen LogP contribution in [0.5, 0.6) is 0 Å². The second-order valence-corrected chi connectivity index (χ2v) is 11.3. The summed E-state index contributed by atoms with van der Waals surface area (Å²) in [6, 6.07) is 5.64. The maximum atomic E-state index is 12.8. The highest BCUT2D eigenvalue weighted by Crippen LogP contribution is 2.37. The molecule has 0 atom stereocenters. The van der Waals surface area contributed by atoms with E-state index in [1.807, 2.05) is 23.7 Å². The number of hydroxylamine groups is 1. The monoisotopic (exact) mass is 525 g/mol. The maximum Gasteiger partial charge on any atom is 0.250 e. The number of anilines is 1. The van der Waals surface area contributed by atoms with Crippen molar-refractivity contribution < 1.29 is 24.3 Å². The second-order valence-electron chi connectivity index (χ2n) is 11.3. The van der Waals surface area contributed by atoms with Crippen molar-refractivity contribution in [1.29, 1.82) is 0 Å². The Hall–Kier alpha value is -3.24. The summed E-state index contributed by atoms with van der Waals surface area (Å²) in [5.74, 6) is -0.751. The molecule has 0 bridgehead atoms. The van der Waals surface area contributed by atoms with E-state index in [0.717, 1.165) is 55.6 Å². The standard InChI is InChI=1S/C28H39N5O5/c1-17-26-23(15-28(2,3)16-24(26)34)33(31-17)19-9-12-21(27(29)36)22(14-19)30-18-7-10-20(11-8-18)38-13-5-4-6-25(35)32-37/h9,12,14,18,20,30,37H,4-8,10-11,13,15-16H2,1-3H3,(H2,29,36)(H,32,35). The Balaban J connectivity index is 1.43. The minimum absolute atomic E-state index is 0.127. The summed E-state index contributed by atoms with van der Waals surface area (Å²) in [6.07, 6.45) is 6.69. The highest BCUT2D eigenvalue weighted by atomic mass is 16.5. The lowest BCUT2D eigenvalue weighted by molar-refractivity contribution is -0.129. The molecule has 5 N–H and O–H groups in total. The molecule has 0 unspecified atom stereocenters. The van der Waals surface area contributed by atoms with Crippen molar-refractivity contribution in [3.05, 3.63) is 40.7 Å². The maximum absolute atomic E-state index is 12.8. The number of ether oxygens (including phenoxy) is 1. The Labute approximate surface area is 223 Å². The second kappa shape index (κ2) is 11.7. The number of unbranched alkanes of at least 4 members (excludes halogenated alkanes) is 1. The summed E-state index contributed by atoms with van der Waals surface area (Å²) in [4.78, 5) is 36.1. The predicted octanol–water partition coefficient (Wildman–Crippen LogP) is 3.85. The van der Waals surface area contributed by atoms with Gasteiger partial charge in [-0.15, -0.1) is 0 Å². The molecule has 10 heteroatoms. The van der Waals surface area contributed by atoms with Crippen molar-refractivity contribution in [1.82, 2.24) is 15.3 Å². The molecule has 1 saturated carbocycles. The highest BCUT2D eigenvalue weighted by molar-refractivity contribution is 6.00. The molecular formula is C28H39N5O5. The van der Waals surface area contributed by atoms with Crippen LogP contribution in [0.25, 0.3) is 5.69 Å². The van der Waals surface area contributed by atoms with Crippen molar-refractivity contribution in [3.8, 4) is 5.69 Å². The summed E-state index contributed by atoms with van der Waals surface area (Å²) in [5.41, 5.74) is 11.4. The molecule has 1 fully saturated rings. The first-order valence-electron chi connectivity index (χ1n) is 13.4. The summed E-state index contributed by atoms with van der Waals surface area (Å²) >= 11 is 0. The smallest absolute Gasteiger partial charge is 0.250 e. The molecule has 2 aliphatic carbocycles. The fourth-order valence-corrected chi connectivity index (χ4v) is 5.64. The molecule has 0 spiro atoms. The molecule has 2 aliphatic rings. The number of primary amides is 1. The average molecular weight is 526 g/mol. The number of Topliss-reactive ketones (excluding diaryl/α,β-unsaturated/α-hetero) is 1. The van der Waals surface area contributed by atoms with Crippen LogP contribution in [0.3, 0.4) is 0 Å². The minimum Gasteiger partial charge on any atom is -0.382 e. The molecular weight excluding hydrogens is 486 g/mol. The topological polar surface area (TPSA) is 149 Å². The Morgan fingerprint density at radius 2 is 1.92 bits per heavy atom. The van der Waals surface area contributed by atoms with Gasteiger partial charge in [0.25, 0.3) is 5.91 Å². The van der Waals surface area contributed by atoms with E-state index < -0.39 is 5.91 Å². The lowest BCUT2D eigenvalue weighted by Crippen LogP contribution is -2.31. The molecule has 38 heavy (non-hydrogen) atoms. The number of carbonyl (C=O) groups is 3. The van der Waals surface area contributed by atoms with Gasteiger partial charge in [-0.3, -0.25) is 19.6 Å². The van der Waals surface area contributed by atoms with Crippen LogP contribution in [0.1, 0.15) is 97.3 Å². The van der Waals surface area contributed by atoms with Crippen LogP contribution in [0.15, 0.2) is 18.2 Å². The number of nitrogens with one attached hydrogen (secondary N) is 2. The number of ketones is 1. The Kier molecular flexibility index (Phi) is 8.52.